The predicted molar refractivity (Wildman–Crippen MR) is 104 cm³/mol. The molecule has 0 spiro atoms. The third-order valence-corrected chi connectivity index (χ3v) is 4.29. The molecule has 0 fully saturated rings. The summed E-state index contributed by atoms with van der Waals surface area (Å²) >= 11 is 0. The second-order valence-electron chi connectivity index (χ2n) is 6.72. The molecule has 6 heteroatoms. The number of hydrogen-bond donors (Lipinski definition) is 2. The van der Waals surface area contributed by atoms with Crippen LogP contribution in [0.4, 0.5) is 0 Å². The molecular formula is C21H33NO5. The van der Waals surface area contributed by atoms with E-state index in [-0.39, 0.29) is 18.7 Å². The summed E-state index contributed by atoms with van der Waals surface area (Å²) in [7, 11) is 0. The highest BCUT2D eigenvalue weighted by atomic mass is 17.2. The number of unbranched alkanes of at least 4 members (excludes halogenated alkanes) is 8. The van der Waals surface area contributed by atoms with Gasteiger partial charge in [0.15, 0.2) is 0 Å². The van der Waals surface area contributed by atoms with Gasteiger partial charge in [-0.15, -0.1) is 0 Å². The lowest BCUT2D eigenvalue weighted by molar-refractivity contribution is -0.258. The molecule has 0 unspecified atom stereocenters. The molecule has 0 aromatic heterocycles. The molecule has 1 aromatic carbocycles. The van der Waals surface area contributed by atoms with Crippen LogP contribution in [-0.4, -0.2) is 23.6 Å². The molecule has 0 heterocycles. The number of hydrogen-bond acceptors (Lipinski definition) is 6. The molecule has 0 saturated carbocycles. The number of carbonyl (C=O) groups is 2. The highest BCUT2D eigenvalue weighted by Crippen LogP contribution is 2.14. The standard InChI is InChI=1S/C21H33NO5/c1-2-3-4-5-6-7-8-9-10-15-20(24)26-27-21(25)17-22-16-18-13-11-12-14-19(18)23/h11-14,22-23H,2-10,15-17H2,1H3. The number of carbonyl (C=O) groups excluding carboxylic acids is 2. The number of aromatic hydroxyl groups is 1. The van der Waals surface area contributed by atoms with Gasteiger partial charge >= 0.3 is 11.9 Å². The predicted octanol–water partition coefficient (Wildman–Crippen LogP) is 4.40. The summed E-state index contributed by atoms with van der Waals surface area (Å²) in [6, 6.07) is 6.84. The van der Waals surface area contributed by atoms with Crippen molar-refractivity contribution in [1.82, 2.24) is 5.32 Å². The molecule has 0 aliphatic carbocycles. The fraction of sp³-hybridized carbons (Fsp3) is 0.619. The van der Waals surface area contributed by atoms with E-state index in [9.17, 15) is 14.7 Å². The Morgan fingerprint density at radius 3 is 2.15 bits per heavy atom. The van der Waals surface area contributed by atoms with Crippen molar-refractivity contribution in [2.75, 3.05) is 6.54 Å². The molecule has 0 aliphatic rings. The lowest BCUT2D eigenvalue weighted by Gasteiger charge is -2.06. The number of para-hydroxylation sites is 1. The second-order valence-corrected chi connectivity index (χ2v) is 6.72. The third-order valence-electron chi connectivity index (χ3n) is 4.29. The van der Waals surface area contributed by atoms with Crippen molar-refractivity contribution in [1.29, 1.82) is 0 Å². The number of nitrogens with one attached hydrogen (secondary N) is 1. The van der Waals surface area contributed by atoms with Crippen molar-refractivity contribution in [2.24, 2.45) is 0 Å². The van der Waals surface area contributed by atoms with Crippen LogP contribution in [0, 0.1) is 0 Å². The average molecular weight is 379 g/mol. The number of rotatable bonds is 14. The quantitative estimate of drug-likeness (QED) is 0.283. The van der Waals surface area contributed by atoms with Crippen molar-refractivity contribution in [3.63, 3.8) is 0 Å². The minimum absolute atomic E-state index is 0.111. The minimum atomic E-state index is -0.675. The molecule has 0 aliphatic heterocycles. The topological polar surface area (TPSA) is 84.9 Å². The summed E-state index contributed by atoms with van der Waals surface area (Å²) in [6.07, 6.45) is 10.8. The van der Waals surface area contributed by atoms with Gasteiger partial charge in [-0.25, -0.2) is 19.4 Å². The molecule has 0 radical (unpaired) electrons. The van der Waals surface area contributed by atoms with Gasteiger partial charge in [-0.3, -0.25) is 0 Å². The van der Waals surface area contributed by atoms with E-state index in [1.165, 1.54) is 38.5 Å². The van der Waals surface area contributed by atoms with E-state index in [4.69, 9.17) is 0 Å². The Balaban J connectivity index is 1.96. The number of benzene rings is 1. The first-order valence-corrected chi connectivity index (χ1v) is 10.0. The maximum Gasteiger partial charge on any atom is 0.369 e. The zero-order valence-electron chi connectivity index (χ0n) is 16.4. The molecule has 0 saturated heterocycles. The molecular weight excluding hydrogens is 346 g/mol. The average Bonchev–Trinajstić information content (AvgIpc) is 2.66. The maximum atomic E-state index is 11.5. The van der Waals surface area contributed by atoms with Gasteiger partial charge in [-0.05, 0) is 12.5 Å². The zero-order valence-corrected chi connectivity index (χ0v) is 16.4. The van der Waals surface area contributed by atoms with Crippen LogP contribution in [0.2, 0.25) is 0 Å². The van der Waals surface area contributed by atoms with E-state index in [0.29, 0.717) is 12.1 Å². The summed E-state index contributed by atoms with van der Waals surface area (Å²) in [5.74, 6) is -1.04. The van der Waals surface area contributed by atoms with Gasteiger partial charge in [-0.2, -0.15) is 0 Å². The summed E-state index contributed by atoms with van der Waals surface area (Å²) in [4.78, 5) is 32.1. The first-order valence-electron chi connectivity index (χ1n) is 10.0. The third kappa shape index (κ3) is 12.0. The van der Waals surface area contributed by atoms with E-state index < -0.39 is 11.9 Å². The van der Waals surface area contributed by atoms with Gasteiger partial charge in [0.25, 0.3) is 0 Å². The van der Waals surface area contributed by atoms with Crippen LogP contribution >= 0.6 is 0 Å². The Bertz CT molecular complexity index is 547. The molecule has 1 rings (SSSR count). The zero-order chi connectivity index (χ0) is 19.7. The van der Waals surface area contributed by atoms with Crippen LogP contribution in [0.15, 0.2) is 24.3 Å². The van der Waals surface area contributed by atoms with Crippen LogP contribution in [0.25, 0.3) is 0 Å². The minimum Gasteiger partial charge on any atom is -0.508 e. The van der Waals surface area contributed by atoms with Crippen molar-refractivity contribution >= 4 is 11.9 Å². The molecule has 152 valence electrons. The van der Waals surface area contributed by atoms with Crippen LogP contribution < -0.4 is 5.32 Å². The summed E-state index contributed by atoms with van der Waals surface area (Å²) in [6.45, 7) is 2.41. The second kappa shape index (κ2) is 15.0. The summed E-state index contributed by atoms with van der Waals surface area (Å²) < 4.78 is 0. The molecule has 1 aromatic rings. The van der Waals surface area contributed by atoms with Crippen LogP contribution in [0.5, 0.6) is 5.75 Å². The van der Waals surface area contributed by atoms with E-state index in [1.807, 2.05) is 0 Å². The Morgan fingerprint density at radius 2 is 1.48 bits per heavy atom. The van der Waals surface area contributed by atoms with Gasteiger partial charge < -0.3 is 10.4 Å². The van der Waals surface area contributed by atoms with Gasteiger partial charge in [0.2, 0.25) is 0 Å². The highest BCUT2D eigenvalue weighted by Gasteiger charge is 2.10. The molecule has 6 nitrogen and oxygen atoms in total. The van der Waals surface area contributed by atoms with E-state index in [1.54, 1.807) is 24.3 Å². The van der Waals surface area contributed by atoms with E-state index >= 15 is 0 Å². The monoisotopic (exact) mass is 379 g/mol. The van der Waals surface area contributed by atoms with Crippen LogP contribution in [0.1, 0.15) is 76.7 Å². The fourth-order valence-electron chi connectivity index (χ4n) is 2.70. The van der Waals surface area contributed by atoms with Gasteiger partial charge in [-0.1, -0.05) is 76.5 Å². The lowest BCUT2D eigenvalue weighted by Crippen LogP contribution is -2.25. The Kier molecular flexibility index (Phi) is 12.8. The Hall–Kier alpha value is -2.08. The first kappa shape index (κ1) is 23.0. The SMILES string of the molecule is CCCCCCCCCCCC(=O)OOC(=O)CNCc1ccccc1O. The number of phenolic OH excluding ortho intramolecular Hbond substituents is 1. The molecule has 0 bridgehead atoms. The lowest BCUT2D eigenvalue weighted by atomic mass is 10.1. The summed E-state index contributed by atoms with van der Waals surface area (Å²) in [5, 5.41) is 12.4. The van der Waals surface area contributed by atoms with Gasteiger partial charge in [0, 0.05) is 12.1 Å². The molecule has 2 N–H and O–H groups in total. The van der Waals surface area contributed by atoms with Crippen molar-refractivity contribution in [3.05, 3.63) is 29.8 Å². The molecule has 0 atom stereocenters. The fourth-order valence-corrected chi connectivity index (χ4v) is 2.70. The Labute approximate surface area is 162 Å². The van der Waals surface area contributed by atoms with Gasteiger partial charge in [0.05, 0.1) is 13.0 Å². The number of phenols is 1. The maximum absolute atomic E-state index is 11.5. The van der Waals surface area contributed by atoms with E-state index in [0.717, 1.165) is 19.3 Å². The summed E-state index contributed by atoms with van der Waals surface area (Å²) in [5.41, 5.74) is 0.674. The molecule has 0 amide bonds. The van der Waals surface area contributed by atoms with Gasteiger partial charge in [0.1, 0.15) is 5.75 Å². The largest absolute Gasteiger partial charge is 0.508 e. The van der Waals surface area contributed by atoms with E-state index in [2.05, 4.69) is 22.0 Å². The normalized spacial score (nSPS) is 10.6. The van der Waals surface area contributed by atoms with Crippen molar-refractivity contribution in [2.45, 2.75) is 77.7 Å². The smallest absolute Gasteiger partial charge is 0.369 e. The highest BCUT2D eigenvalue weighted by molar-refractivity contribution is 5.74. The van der Waals surface area contributed by atoms with Crippen LogP contribution in [-0.2, 0) is 25.9 Å². The van der Waals surface area contributed by atoms with Crippen LogP contribution in [0.3, 0.4) is 0 Å². The molecule has 27 heavy (non-hydrogen) atoms. The Morgan fingerprint density at radius 1 is 0.889 bits per heavy atom. The van der Waals surface area contributed by atoms with Crippen molar-refractivity contribution in [3.8, 4) is 5.75 Å². The van der Waals surface area contributed by atoms with Crippen molar-refractivity contribution < 1.29 is 24.5 Å². The first-order chi connectivity index (χ1) is 13.1.